The molecule has 8 heteroatoms. The molecule has 4 N–H and O–H groups in total. The molecule has 0 aromatic carbocycles. The molecule has 112 valence electrons. The number of aromatic nitrogens is 1. The van der Waals surface area contributed by atoms with E-state index in [-0.39, 0.29) is 11.7 Å². The number of carbonyl (C=O) groups excluding carboxylic acids is 1. The second-order valence-corrected chi connectivity index (χ2v) is 5.33. The van der Waals surface area contributed by atoms with Gasteiger partial charge in [0.15, 0.2) is 5.82 Å². The molecule has 1 fully saturated rings. The summed E-state index contributed by atoms with van der Waals surface area (Å²) in [7, 11) is 1.63. The van der Waals surface area contributed by atoms with Gasteiger partial charge in [-0.15, -0.1) is 0 Å². The zero-order valence-corrected chi connectivity index (χ0v) is 12.3. The summed E-state index contributed by atoms with van der Waals surface area (Å²) in [5.74, 6) is 0.123. The summed E-state index contributed by atoms with van der Waals surface area (Å²) in [6.45, 7) is 2.25. The fraction of sp³-hybridized carbons (Fsp3) is 0.667. The van der Waals surface area contributed by atoms with Gasteiger partial charge in [-0.2, -0.15) is 4.37 Å². The first-order valence-electron chi connectivity index (χ1n) is 6.59. The number of nitrogens with one attached hydrogen (secondary N) is 2. The Morgan fingerprint density at radius 3 is 2.95 bits per heavy atom. The van der Waals surface area contributed by atoms with E-state index < -0.39 is 0 Å². The van der Waals surface area contributed by atoms with Gasteiger partial charge in [0.05, 0.1) is 19.8 Å². The highest BCUT2D eigenvalue weighted by molar-refractivity contribution is 7.11. The number of hydrogen-bond donors (Lipinski definition) is 3. The lowest BCUT2D eigenvalue weighted by atomic mass is 10.3. The van der Waals surface area contributed by atoms with Gasteiger partial charge in [-0.3, -0.25) is 4.79 Å². The van der Waals surface area contributed by atoms with Gasteiger partial charge in [-0.25, -0.2) is 0 Å². The van der Waals surface area contributed by atoms with Crippen LogP contribution in [-0.2, 0) is 9.47 Å². The number of ether oxygens (including phenoxy) is 2. The monoisotopic (exact) mass is 300 g/mol. The van der Waals surface area contributed by atoms with E-state index in [1.54, 1.807) is 7.11 Å². The molecule has 1 aliphatic rings. The van der Waals surface area contributed by atoms with Crippen LogP contribution in [0.25, 0.3) is 0 Å². The molecule has 0 bridgehead atoms. The van der Waals surface area contributed by atoms with Gasteiger partial charge in [-0.1, -0.05) is 0 Å². The van der Waals surface area contributed by atoms with E-state index in [1.165, 1.54) is 11.5 Å². The zero-order chi connectivity index (χ0) is 14.4. The summed E-state index contributed by atoms with van der Waals surface area (Å²) in [6.07, 6.45) is 2.08. The Morgan fingerprint density at radius 1 is 1.45 bits per heavy atom. The predicted octanol–water partition coefficient (Wildman–Crippen LogP) is 0.692. The standard InChI is InChI=1S/C12H20N4O3S/c1-18-6-7-19-5-4-14-12-9(10(13)16-20-12)11(17)15-8-2-3-8/h8,14H,2-7H2,1H3,(H2,13,16)(H,15,17). The normalized spacial score (nSPS) is 14.2. The quantitative estimate of drug-likeness (QED) is 0.580. The first kappa shape index (κ1) is 15.0. The van der Waals surface area contributed by atoms with Crippen LogP contribution in [0.1, 0.15) is 23.2 Å². The molecule has 0 aliphatic heterocycles. The highest BCUT2D eigenvalue weighted by atomic mass is 32.1. The molecule has 1 aromatic heterocycles. The van der Waals surface area contributed by atoms with E-state index in [0.29, 0.717) is 43.0 Å². The van der Waals surface area contributed by atoms with E-state index in [2.05, 4.69) is 15.0 Å². The molecule has 1 aliphatic carbocycles. The molecule has 1 aromatic rings. The Morgan fingerprint density at radius 2 is 2.25 bits per heavy atom. The molecular formula is C12H20N4O3S. The minimum atomic E-state index is -0.151. The van der Waals surface area contributed by atoms with Gasteiger partial charge in [0, 0.05) is 19.7 Å². The molecule has 0 radical (unpaired) electrons. The van der Waals surface area contributed by atoms with Crippen LogP contribution in [0.2, 0.25) is 0 Å². The van der Waals surface area contributed by atoms with Crippen LogP contribution in [0.4, 0.5) is 10.8 Å². The highest BCUT2D eigenvalue weighted by Gasteiger charge is 2.27. The number of rotatable bonds is 9. The summed E-state index contributed by atoms with van der Waals surface area (Å²) in [5, 5.41) is 6.74. The van der Waals surface area contributed by atoms with Gasteiger partial charge in [-0.05, 0) is 24.4 Å². The van der Waals surface area contributed by atoms with Crippen LogP contribution in [0.3, 0.4) is 0 Å². The van der Waals surface area contributed by atoms with Crippen molar-refractivity contribution >= 4 is 28.3 Å². The molecule has 7 nitrogen and oxygen atoms in total. The Kier molecular flexibility index (Phi) is 5.57. The third-order valence-electron chi connectivity index (χ3n) is 2.82. The maximum absolute atomic E-state index is 12.1. The largest absolute Gasteiger partial charge is 0.382 e. The first-order chi connectivity index (χ1) is 9.72. The summed E-state index contributed by atoms with van der Waals surface area (Å²) in [4.78, 5) is 12.1. The Hall–Kier alpha value is -1.38. The van der Waals surface area contributed by atoms with Crippen LogP contribution in [0.15, 0.2) is 0 Å². The first-order valence-corrected chi connectivity index (χ1v) is 7.36. The average molecular weight is 300 g/mol. The summed E-state index contributed by atoms with van der Waals surface area (Å²) in [5.41, 5.74) is 6.20. The molecule has 0 unspecified atom stereocenters. The number of anilines is 2. The number of hydrogen-bond acceptors (Lipinski definition) is 7. The smallest absolute Gasteiger partial charge is 0.258 e. The van der Waals surface area contributed by atoms with E-state index >= 15 is 0 Å². The number of nitrogen functional groups attached to an aromatic ring is 1. The molecule has 1 heterocycles. The number of nitrogens with two attached hydrogens (primary N) is 1. The number of nitrogens with zero attached hydrogens (tertiary/aromatic N) is 1. The van der Waals surface area contributed by atoms with E-state index in [9.17, 15) is 4.79 Å². The second-order valence-electron chi connectivity index (χ2n) is 4.55. The van der Waals surface area contributed by atoms with Crippen molar-refractivity contribution in [3.63, 3.8) is 0 Å². The Balaban J connectivity index is 1.80. The molecular weight excluding hydrogens is 280 g/mol. The number of methoxy groups -OCH3 is 1. The molecule has 0 atom stereocenters. The van der Waals surface area contributed by atoms with Crippen molar-refractivity contribution in [2.75, 3.05) is 44.5 Å². The molecule has 1 amide bonds. The lowest BCUT2D eigenvalue weighted by molar-refractivity contribution is 0.0759. The van der Waals surface area contributed by atoms with Crippen molar-refractivity contribution in [2.45, 2.75) is 18.9 Å². The summed E-state index contributed by atoms with van der Waals surface area (Å²) < 4.78 is 14.3. The third-order valence-corrected chi connectivity index (χ3v) is 3.64. The minimum absolute atomic E-state index is 0.151. The summed E-state index contributed by atoms with van der Waals surface area (Å²) in [6, 6.07) is 0.298. The van der Waals surface area contributed by atoms with Crippen molar-refractivity contribution < 1.29 is 14.3 Å². The van der Waals surface area contributed by atoms with Crippen molar-refractivity contribution in [3.05, 3.63) is 5.56 Å². The maximum atomic E-state index is 12.1. The van der Waals surface area contributed by atoms with Crippen LogP contribution in [0, 0.1) is 0 Å². The topological polar surface area (TPSA) is 98.5 Å². The molecule has 1 saturated carbocycles. The SMILES string of the molecule is COCCOCCNc1snc(N)c1C(=O)NC1CC1. The van der Waals surface area contributed by atoms with E-state index in [1.807, 2.05) is 0 Å². The van der Waals surface area contributed by atoms with Crippen LogP contribution >= 0.6 is 11.5 Å². The van der Waals surface area contributed by atoms with Gasteiger partial charge >= 0.3 is 0 Å². The fourth-order valence-electron chi connectivity index (χ4n) is 1.61. The minimum Gasteiger partial charge on any atom is -0.382 e. The molecule has 0 spiro atoms. The van der Waals surface area contributed by atoms with Crippen LogP contribution < -0.4 is 16.4 Å². The molecule has 20 heavy (non-hydrogen) atoms. The van der Waals surface area contributed by atoms with Crippen LogP contribution in [-0.4, -0.2) is 49.8 Å². The Bertz CT molecular complexity index is 448. The van der Waals surface area contributed by atoms with Gasteiger partial charge in [0.1, 0.15) is 10.6 Å². The Labute approximate surface area is 122 Å². The molecule has 2 rings (SSSR count). The van der Waals surface area contributed by atoms with E-state index in [0.717, 1.165) is 12.8 Å². The van der Waals surface area contributed by atoms with Gasteiger partial charge in [0.2, 0.25) is 0 Å². The fourth-order valence-corrected chi connectivity index (χ4v) is 2.34. The lowest BCUT2D eigenvalue weighted by Crippen LogP contribution is -2.26. The third kappa shape index (κ3) is 4.32. The average Bonchev–Trinajstić information content (AvgIpc) is 3.15. The van der Waals surface area contributed by atoms with Crippen molar-refractivity contribution in [3.8, 4) is 0 Å². The van der Waals surface area contributed by atoms with Crippen molar-refractivity contribution in [1.82, 2.24) is 9.69 Å². The van der Waals surface area contributed by atoms with E-state index in [4.69, 9.17) is 15.2 Å². The zero-order valence-electron chi connectivity index (χ0n) is 11.5. The second kappa shape index (κ2) is 7.41. The van der Waals surface area contributed by atoms with Crippen molar-refractivity contribution in [2.24, 2.45) is 0 Å². The van der Waals surface area contributed by atoms with Gasteiger partial charge < -0.3 is 25.8 Å². The predicted molar refractivity (Wildman–Crippen MR) is 78.2 cm³/mol. The van der Waals surface area contributed by atoms with Crippen LogP contribution in [0.5, 0.6) is 0 Å². The van der Waals surface area contributed by atoms with Crippen molar-refractivity contribution in [1.29, 1.82) is 0 Å². The highest BCUT2D eigenvalue weighted by Crippen LogP contribution is 2.28. The number of carbonyl (C=O) groups is 1. The maximum Gasteiger partial charge on any atom is 0.258 e. The lowest BCUT2D eigenvalue weighted by Gasteiger charge is -2.08. The van der Waals surface area contributed by atoms with Gasteiger partial charge in [0.25, 0.3) is 5.91 Å². The summed E-state index contributed by atoms with van der Waals surface area (Å²) >= 11 is 1.19. The molecule has 0 saturated heterocycles. The number of amides is 1.